The smallest absolute Gasteiger partial charge is 0.274 e. The third kappa shape index (κ3) is 5.47. The van der Waals surface area contributed by atoms with Gasteiger partial charge in [0.2, 0.25) is 17.6 Å². The number of imidazole rings is 1. The lowest BCUT2D eigenvalue weighted by molar-refractivity contribution is -0.0925. The number of hydrogen-bond acceptors (Lipinski definition) is 8. The summed E-state index contributed by atoms with van der Waals surface area (Å²) in [4.78, 5) is 26.7. The number of aliphatic hydroxyl groups is 1. The second-order valence-electron chi connectivity index (χ2n) is 10.7. The predicted octanol–water partition coefficient (Wildman–Crippen LogP) is 3.57. The van der Waals surface area contributed by atoms with Crippen LogP contribution in [-0.2, 0) is 6.54 Å². The van der Waals surface area contributed by atoms with Crippen LogP contribution in [0.25, 0.3) is 17.0 Å². The number of aliphatic hydroxyl groups excluding tert-OH is 1. The number of aromatic nitrogens is 4. The maximum atomic E-state index is 13.4. The Bertz CT molecular complexity index is 1520. The van der Waals surface area contributed by atoms with E-state index >= 15 is 0 Å². The highest BCUT2D eigenvalue weighted by molar-refractivity contribution is 6.04. The van der Waals surface area contributed by atoms with Gasteiger partial charge in [0.1, 0.15) is 11.3 Å². The Labute approximate surface area is 229 Å². The highest BCUT2D eigenvalue weighted by Crippen LogP contribution is 2.48. The van der Waals surface area contributed by atoms with Gasteiger partial charge in [0.25, 0.3) is 5.91 Å². The van der Waals surface area contributed by atoms with Crippen molar-refractivity contribution in [3.8, 4) is 11.4 Å². The number of rotatable bonds is 8. The van der Waals surface area contributed by atoms with Gasteiger partial charge >= 0.3 is 0 Å². The van der Waals surface area contributed by atoms with Crippen LogP contribution in [0.5, 0.6) is 0 Å². The summed E-state index contributed by atoms with van der Waals surface area (Å²) >= 11 is 0. The number of amides is 1. The number of carbonyl (C=O) groups is 1. The van der Waals surface area contributed by atoms with Crippen molar-refractivity contribution in [1.29, 1.82) is 0 Å². The second-order valence-corrected chi connectivity index (χ2v) is 10.7. The molecule has 0 atom stereocenters. The minimum Gasteiger partial charge on any atom is -0.395 e. The van der Waals surface area contributed by atoms with Crippen LogP contribution >= 0.6 is 0 Å². The quantitative estimate of drug-likeness (QED) is 0.342. The minimum atomic E-state index is -2.67. The van der Waals surface area contributed by atoms with Gasteiger partial charge in [-0.1, -0.05) is 23.4 Å². The van der Waals surface area contributed by atoms with E-state index in [2.05, 4.69) is 30.2 Å². The lowest BCUT2D eigenvalue weighted by Crippen LogP contribution is -2.46. The number of benzene rings is 1. The zero-order valence-electron chi connectivity index (χ0n) is 22.2. The fourth-order valence-corrected chi connectivity index (χ4v) is 5.29. The largest absolute Gasteiger partial charge is 0.395 e. The van der Waals surface area contributed by atoms with E-state index in [1.54, 1.807) is 22.7 Å². The average molecular weight is 552 g/mol. The fraction of sp³-hybridized carbons (Fsp3) is 0.429. The lowest BCUT2D eigenvalue weighted by atomic mass is 9.81. The summed E-state index contributed by atoms with van der Waals surface area (Å²) in [5.74, 6) is -2.92. The molecule has 2 aliphatic rings. The third-order valence-electron chi connectivity index (χ3n) is 7.71. The van der Waals surface area contributed by atoms with Crippen molar-refractivity contribution >= 4 is 17.2 Å². The van der Waals surface area contributed by atoms with Gasteiger partial charge in [0.15, 0.2) is 0 Å². The number of pyridine rings is 1. The maximum absolute atomic E-state index is 13.4. The number of aryl methyl sites for hydroxylation is 1. The van der Waals surface area contributed by atoms with E-state index in [1.807, 2.05) is 31.3 Å². The predicted molar refractivity (Wildman–Crippen MR) is 143 cm³/mol. The topological polar surface area (TPSA) is 112 Å². The number of halogens is 2. The van der Waals surface area contributed by atoms with Crippen LogP contribution in [0.15, 0.2) is 47.2 Å². The van der Waals surface area contributed by atoms with Crippen LogP contribution in [0.4, 0.5) is 14.5 Å². The molecular weight excluding hydrogens is 520 g/mol. The van der Waals surface area contributed by atoms with Gasteiger partial charge in [0.05, 0.1) is 12.8 Å². The number of anilines is 1. The monoisotopic (exact) mass is 551 g/mol. The summed E-state index contributed by atoms with van der Waals surface area (Å²) in [5.41, 5.74) is 4.19. The minimum absolute atomic E-state index is 0.175. The number of nitrogens with zero attached hydrogens (tertiary/aromatic N) is 6. The van der Waals surface area contributed by atoms with Gasteiger partial charge in [-0.25, -0.2) is 13.8 Å². The van der Waals surface area contributed by atoms with Gasteiger partial charge in [0, 0.05) is 75.5 Å². The molecule has 210 valence electrons. The number of fused-ring (bicyclic) bond motifs is 1. The van der Waals surface area contributed by atoms with Crippen LogP contribution < -0.4 is 5.32 Å². The summed E-state index contributed by atoms with van der Waals surface area (Å²) in [6, 6.07) is 9.33. The fourth-order valence-electron chi connectivity index (χ4n) is 5.29. The Balaban J connectivity index is 1.16. The van der Waals surface area contributed by atoms with Crippen molar-refractivity contribution in [2.75, 3.05) is 44.6 Å². The molecule has 4 heterocycles. The first kappa shape index (κ1) is 26.5. The van der Waals surface area contributed by atoms with E-state index in [0.29, 0.717) is 29.1 Å². The van der Waals surface area contributed by atoms with Crippen molar-refractivity contribution in [1.82, 2.24) is 29.3 Å². The standard InChI is InChI=1S/C28H31F2N7O3/c1-18-2-4-20(25-33-27(40-34-25)21-13-28(29,30)14-21)12-22(18)32-26(39)23-15-31-24-5-3-19(17-37(23)24)16-36-8-6-35(7-9-36)10-11-38/h2-5,12,15,17,21,38H,6-11,13-14,16H2,1H3,(H,32,39). The Kier molecular flexibility index (Phi) is 7.07. The second kappa shape index (κ2) is 10.7. The molecule has 0 bridgehead atoms. The molecule has 6 rings (SSSR count). The normalized spacial score (nSPS) is 18.2. The lowest BCUT2D eigenvalue weighted by Gasteiger charge is -2.34. The van der Waals surface area contributed by atoms with Crippen LogP contribution in [0, 0.1) is 6.92 Å². The zero-order valence-corrected chi connectivity index (χ0v) is 22.2. The van der Waals surface area contributed by atoms with E-state index in [9.17, 15) is 13.6 Å². The summed E-state index contributed by atoms with van der Waals surface area (Å²) in [5, 5.41) is 16.1. The highest BCUT2D eigenvalue weighted by Gasteiger charge is 2.48. The number of hydrogen-bond donors (Lipinski definition) is 2. The van der Waals surface area contributed by atoms with Crippen molar-refractivity contribution in [2.45, 2.75) is 38.2 Å². The molecule has 1 saturated heterocycles. The Morgan fingerprint density at radius 2 is 1.93 bits per heavy atom. The Morgan fingerprint density at radius 1 is 1.15 bits per heavy atom. The SMILES string of the molecule is Cc1ccc(-c2noc(C3CC(F)(F)C3)n2)cc1NC(=O)c1cnc2ccc(CN3CCN(CCO)CC3)cn12. The number of piperazine rings is 1. The molecule has 1 amide bonds. The molecule has 4 aromatic rings. The molecule has 3 aromatic heterocycles. The molecule has 2 N–H and O–H groups in total. The summed E-state index contributed by atoms with van der Waals surface area (Å²) in [6.45, 7) is 7.18. The molecule has 10 nitrogen and oxygen atoms in total. The van der Waals surface area contributed by atoms with Crippen molar-refractivity contribution in [2.24, 2.45) is 0 Å². The number of alkyl halides is 2. The number of β-amino-alcohol motifs (C(OH)–C–C–N with tert-alkyl or cyclic N) is 1. The van der Waals surface area contributed by atoms with E-state index in [-0.39, 0.29) is 37.1 Å². The molecule has 0 unspecified atom stereocenters. The first-order valence-corrected chi connectivity index (χ1v) is 13.4. The van der Waals surface area contributed by atoms with Crippen molar-refractivity contribution in [3.63, 3.8) is 0 Å². The molecule has 1 aliphatic heterocycles. The van der Waals surface area contributed by atoms with Gasteiger partial charge in [-0.05, 0) is 30.2 Å². The maximum Gasteiger partial charge on any atom is 0.274 e. The molecule has 12 heteroatoms. The molecular formula is C28H31F2N7O3. The number of carbonyl (C=O) groups excluding carboxylic acids is 1. The average Bonchev–Trinajstić information content (AvgIpc) is 3.57. The van der Waals surface area contributed by atoms with Crippen LogP contribution in [0.1, 0.15) is 46.3 Å². The van der Waals surface area contributed by atoms with E-state index in [1.165, 1.54) is 0 Å². The Hall–Kier alpha value is -3.74. The first-order chi connectivity index (χ1) is 19.3. The van der Waals surface area contributed by atoms with E-state index in [0.717, 1.165) is 43.9 Å². The van der Waals surface area contributed by atoms with Crippen LogP contribution in [-0.4, -0.2) is 85.6 Å². The molecule has 2 fully saturated rings. The zero-order chi connectivity index (χ0) is 27.9. The number of nitrogens with one attached hydrogen (secondary N) is 1. The van der Waals surface area contributed by atoms with E-state index in [4.69, 9.17) is 9.63 Å². The molecule has 1 aliphatic carbocycles. The third-order valence-corrected chi connectivity index (χ3v) is 7.71. The van der Waals surface area contributed by atoms with Gasteiger partial charge < -0.3 is 14.9 Å². The van der Waals surface area contributed by atoms with Crippen molar-refractivity contribution < 1.29 is 23.2 Å². The van der Waals surface area contributed by atoms with E-state index < -0.39 is 11.8 Å². The highest BCUT2D eigenvalue weighted by atomic mass is 19.3. The molecule has 0 spiro atoms. The molecule has 1 aromatic carbocycles. The summed E-state index contributed by atoms with van der Waals surface area (Å²) < 4.78 is 33.6. The molecule has 1 saturated carbocycles. The van der Waals surface area contributed by atoms with Gasteiger partial charge in [-0.3, -0.25) is 19.0 Å². The van der Waals surface area contributed by atoms with Gasteiger partial charge in [-0.15, -0.1) is 0 Å². The van der Waals surface area contributed by atoms with Crippen LogP contribution in [0.3, 0.4) is 0 Å². The Morgan fingerprint density at radius 3 is 2.67 bits per heavy atom. The van der Waals surface area contributed by atoms with Gasteiger partial charge in [-0.2, -0.15) is 4.98 Å². The first-order valence-electron chi connectivity index (χ1n) is 13.4. The molecule has 40 heavy (non-hydrogen) atoms. The summed E-state index contributed by atoms with van der Waals surface area (Å²) in [6.07, 6.45) is 2.94. The summed E-state index contributed by atoms with van der Waals surface area (Å²) in [7, 11) is 0. The molecule has 0 radical (unpaired) electrons. The van der Waals surface area contributed by atoms with Crippen LogP contribution in [0.2, 0.25) is 0 Å². The van der Waals surface area contributed by atoms with Crippen molar-refractivity contribution in [3.05, 3.63) is 65.4 Å².